The fraction of sp³-hybridized carbons (Fsp3) is 0.500. The summed E-state index contributed by atoms with van der Waals surface area (Å²) in [6, 6.07) is 6.07. The van der Waals surface area contributed by atoms with Crippen LogP contribution in [0.3, 0.4) is 0 Å². The van der Waals surface area contributed by atoms with E-state index in [-0.39, 0.29) is 11.3 Å². The molecule has 45 heavy (non-hydrogen) atoms. The van der Waals surface area contributed by atoms with Crippen molar-refractivity contribution in [2.24, 2.45) is 0 Å². The molecule has 0 atom stereocenters. The number of fused-ring (bicyclic) bond motifs is 2. The highest BCUT2D eigenvalue weighted by molar-refractivity contribution is 7.88. The minimum Gasteiger partial charge on any atom is -0.505 e. The van der Waals surface area contributed by atoms with Crippen LogP contribution >= 0.6 is 0 Å². The quantitative estimate of drug-likeness (QED) is 0.338. The maximum absolute atomic E-state index is 14.4. The molecule has 2 fully saturated rings. The van der Waals surface area contributed by atoms with Gasteiger partial charge in [0.15, 0.2) is 0 Å². The number of sulfonamides is 1. The summed E-state index contributed by atoms with van der Waals surface area (Å²) < 4.78 is 33.5. The van der Waals surface area contributed by atoms with E-state index in [0.717, 1.165) is 47.5 Å². The van der Waals surface area contributed by atoms with Crippen molar-refractivity contribution in [1.82, 2.24) is 28.6 Å². The molecule has 13 heteroatoms. The van der Waals surface area contributed by atoms with E-state index in [1.165, 1.54) is 16.8 Å². The molecule has 3 aliphatic rings. The van der Waals surface area contributed by atoms with Crippen molar-refractivity contribution in [2.75, 3.05) is 58.0 Å². The summed E-state index contributed by atoms with van der Waals surface area (Å²) in [5, 5.41) is 3.13. The zero-order valence-corrected chi connectivity index (χ0v) is 26.9. The number of hydrogen-bond donors (Lipinski definition) is 1. The third kappa shape index (κ3) is 6.14. The Hall–Kier alpha value is -3.99. The largest absolute Gasteiger partial charge is 0.505 e. The topological polar surface area (TPSA) is 117 Å². The van der Waals surface area contributed by atoms with Crippen LogP contribution in [0, 0.1) is 6.57 Å². The number of benzene rings is 1. The maximum Gasteiger partial charge on any atom is 0.254 e. The van der Waals surface area contributed by atoms with Gasteiger partial charge in [0.25, 0.3) is 5.91 Å². The van der Waals surface area contributed by atoms with Crippen LogP contribution in [0.2, 0.25) is 0 Å². The van der Waals surface area contributed by atoms with E-state index in [4.69, 9.17) is 11.3 Å². The second-order valence-electron chi connectivity index (χ2n) is 12.2. The summed E-state index contributed by atoms with van der Waals surface area (Å²) in [7, 11) is -1.39. The summed E-state index contributed by atoms with van der Waals surface area (Å²) >= 11 is 0. The Labute approximate surface area is 264 Å². The zero-order valence-electron chi connectivity index (χ0n) is 26.1. The normalized spacial score (nSPS) is 18.4. The third-order valence-corrected chi connectivity index (χ3v) is 10.6. The van der Waals surface area contributed by atoms with Gasteiger partial charge in [-0.2, -0.15) is 4.31 Å². The van der Waals surface area contributed by atoms with Crippen LogP contribution in [0.4, 0.5) is 11.6 Å². The Morgan fingerprint density at radius 1 is 1.09 bits per heavy atom. The molecular formula is C32H40N8O4S. The predicted molar refractivity (Wildman–Crippen MR) is 171 cm³/mol. The van der Waals surface area contributed by atoms with E-state index in [9.17, 15) is 13.2 Å². The van der Waals surface area contributed by atoms with Gasteiger partial charge in [0.2, 0.25) is 21.7 Å². The number of ether oxygens (including phenoxy) is 1. The fourth-order valence-electron chi connectivity index (χ4n) is 7.03. The number of nitrogens with one attached hydrogen (secondary N) is 1. The molecule has 1 amide bonds. The predicted octanol–water partition coefficient (Wildman–Crippen LogP) is 3.47. The number of carbonyl (C=O) groups is 1. The number of anilines is 1. The van der Waals surface area contributed by atoms with E-state index in [0.29, 0.717) is 76.1 Å². The highest BCUT2D eigenvalue weighted by Crippen LogP contribution is 2.50. The average Bonchev–Trinajstić information content (AvgIpc) is 3.45. The van der Waals surface area contributed by atoms with Crippen molar-refractivity contribution >= 4 is 27.6 Å². The third-order valence-electron chi connectivity index (χ3n) is 9.29. The van der Waals surface area contributed by atoms with Gasteiger partial charge in [-0.25, -0.2) is 18.2 Å². The van der Waals surface area contributed by atoms with Gasteiger partial charge in [0.05, 0.1) is 38.2 Å². The molecule has 238 valence electrons. The van der Waals surface area contributed by atoms with Crippen molar-refractivity contribution in [2.45, 2.75) is 51.2 Å². The second kappa shape index (κ2) is 12.4. The van der Waals surface area contributed by atoms with Gasteiger partial charge < -0.3 is 19.5 Å². The number of aromatic nitrogens is 3. The molecule has 1 spiro atoms. The molecular weight excluding hydrogens is 592 g/mol. The Morgan fingerprint density at radius 3 is 2.51 bits per heavy atom. The second-order valence-corrected chi connectivity index (χ2v) is 14.2. The maximum atomic E-state index is 14.4. The van der Waals surface area contributed by atoms with Crippen LogP contribution in [-0.4, -0.2) is 95.6 Å². The SMILES string of the molecule is [C-]#[N+]c1cnc(CN2CC3(CCC3)c3c(CN4CCN(S(C)(=O)=O)CC4)cc(Cn4ccnc4NC)cc3C2=O)cc1OCC. The van der Waals surface area contributed by atoms with Gasteiger partial charge in [-0.15, -0.1) is 0 Å². The molecule has 1 aromatic carbocycles. The van der Waals surface area contributed by atoms with Gasteiger partial charge in [-0.3, -0.25) is 14.7 Å². The smallest absolute Gasteiger partial charge is 0.254 e. The lowest BCUT2D eigenvalue weighted by molar-refractivity contribution is 0.0561. The minimum absolute atomic E-state index is 0.0268. The number of rotatable bonds is 10. The number of piperazine rings is 1. The summed E-state index contributed by atoms with van der Waals surface area (Å²) in [6.45, 7) is 14.1. The van der Waals surface area contributed by atoms with Crippen LogP contribution in [0.5, 0.6) is 5.75 Å². The van der Waals surface area contributed by atoms with Crippen molar-refractivity contribution in [1.29, 1.82) is 0 Å². The lowest BCUT2D eigenvalue weighted by Crippen LogP contribution is -2.53. The summed E-state index contributed by atoms with van der Waals surface area (Å²) in [5.74, 6) is 1.21. The zero-order chi connectivity index (χ0) is 31.8. The highest BCUT2D eigenvalue weighted by atomic mass is 32.2. The average molecular weight is 633 g/mol. The number of amides is 1. The lowest BCUT2D eigenvalue weighted by Gasteiger charge is -2.51. The fourth-order valence-corrected chi connectivity index (χ4v) is 7.86. The van der Waals surface area contributed by atoms with Crippen LogP contribution < -0.4 is 10.1 Å². The van der Waals surface area contributed by atoms with Gasteiger partial charge in [0, 0.05) is 75.9 Å². The number of imidazole rings is 1. The standard InChI is InChI=1S/C32H40N8O4S/c1-5-44-28-17-25(36-18-27(28)33-2)21-39-22-32(7-6-8-32)29-24(20-37-11-13-40(14-12-37)45(4,42)43)15-23(16-26(29)30(39)41)19-38-10-9-35-31(38)34-3/h9-10,15-18H,5-8,11-14,19-22H2,1,3-4H3,(H,34,35). The van der Waals surface area contributed by atoms with Crippen LogP contribution in [0.15, 0.2) is 36.8 Å². The first-order valence-electron chi connectivity index (χ1n) is 15.4. The van der Waals surface area contributed by atoms with Crippen LogP contribution in [0.1, 0.15) is 58.9 Å². The summed E-state index contributed by atoms with van der Waals surface area (Å²) in [4.78, 5) is 31.0. The molecule has 1 aliphatic carbocycles. The Morgan fingerprint density at radius 2 is 1.87 bits per heavy atom. The lowest BCUT2D eigenvalue weighted by atomic mass is 9.60. The molecule has 0 unspecified atom stereocenters. The molecule has 6 rings (SSSR count). The van der Waals surface area contributed by atoms with E-state index in [1.807, 2.05) is 29.6 Å². The molecule has 4 heterocycles. The first-order chi connectivity index (χ1) is 21.6. The van der Waals surface area contributed by atoms with Crippen LogP contribution in [-0.2, 0) is 35.1 Å². The van der Waals surface area contributed by atoms with Gasteiger partial charge in [-0.1, -0.05) is 12.5 Å². The molecule has 1 saturated carbocycles. The highest BCUT2D eigenvalue weighted by Gasteiger charge is 2.48. The first kappa shape index (κ1) is 31.0. The first-order valence-corrected chi connectivity index (χ1v) is 17.3. The molecule has 3 aromatic rings. The number of carbonyl (C=O) groups excluding carboxylic acids is 1. The van der Waals surface area contributed by atoms with E-state index >= 15 is 0 Å². The number of hydrogen-bond acceptors (Lipinski definition) is 8. The molecule has 0 bridgehead atoms. The van der Waals surface area contributed by atoms with Gasteiger partial charge >= 0.3 is 0 Å². The Kier molecular flexibility index (Phi) is 8.56. The summed E-state index contributed by atoms with van der Waals surface area (Å²) in [6.07, 6.45) is 9.57. The monoisotopic (exact) mass is 632 g/mol. The van der Waals surface area contributed by atoms with Crippen LogP contribution in [0.25, 0.3) is 4.85 Å². The van der Waals surface area contributed by atoms with Crippen molar-refractivity contribution in [3.63, 3.8) is 0 Å². The van der Waals surface area contributed by atoms with E-state index < -0.39 is 10.0 Å². The van der Waals surface area contributed by atoms with E-state index in [2.05, 4.69) is 37.2 Å². The molecule has 2 aromatic heterocycles. The van der Waals surface area contributed by atoms with Gasteiger partial charge in [0.1, 0.15) is 5.75 Å². The van der Waals surface area contributed by atoms with Crippen molar-refractivity contribution in [3.05, 3.63) is 76.2 Å². The Bertz CT molecular complexity index is 1740. The van der Waals surface area contributed by atoms with E-state index in [1.54, 1.807) is 12.3 Å². The summed E-state index contributed by atoms with van der Waals surface area (Å²) in [5.41, 5.74) is 4.94. The van der Waals surface area contributed by atoms with Crippen molar-refractivity contribution < 1.29 is 17.9 Å². The van der Waals surface area contributed by atoms with Crippen molar-refractivity contribution in [3.8, 4) is 5.75 Å². The Balaban J connectivity index is 1.36. The number of pyridine rings is 1. The molecule has 2 aliphatic heterocycles. The van der Waals surface area contributed by atoms with Gasteiger partial charge in [-0.05, 0) is 48.6 Å². The molecule has 1 N–H and O–H groups in total. The molecule has 12 nitrogen and oxygen atoms in total. The molecule has 1 saturated heterocycles. The minimum atomic E-state index is -3.23. The molecule has 0 radical (unpaired) electrons. The number of nitrogens with zero attached hydrogens (tertiary/aromatic N) is 7.